The number of hydrogen-bond acceptors (Lipinski definition) is 3. The highest BCUT2D eigenvalue weighted by Gasteiger charge is 2.54. The third kappa shape index (κ3) is 5.88. The Morgan fingerprint density at radius 3 is 2.18 bits per heavy atom. The quantitative estimate of drug-likeness (QED) is 0.521. The Bertz CT molecular complexity index is 736. The van der Waals surface area contributed by atoms with Gasteiger partial charge in [-0.25, -0.2) is 0 Å². The van der Waals surface area contributed by atoms with Crippen LogP contribution in [0.1, 0.15) is 102 Å². The Hall–Kier alpha value is -1.26. The number of benzene rings is 1. The summed E-state index contributed by atoms with van der Waals surface area (Å²) in [5.74, 6) is 0.271. The predicted molar refractivity (Wildman–Crippen MR) is 141 cm³/mol. The number of nitrogens with one attached hydrogen (secondary N) is 1. The van der Waals surface area contributed by atoms with E-state index < -0.39 is 0 Å². The summed E-state index contributed by atoms with van der Waals surface area (Å²) in [6.07, 6.45) is 17.9. The van der Waals surface area contributed by atoms with Gasteiger partial charge in [-0.2, -0.15) is 0 Å². The molecule has 1 saturated carbocycles. The summed E-state index contributed by atoms with van der Waals surface area (Å²) in [4.78, 5) is 18.8. The number of piperidine rings is 1. The van der Waals surface area contributed by atoms with Gasteiger partial charge in [0.1, 0.15) is 11.7 Å². The molecule has 2 aliphatic heterocycles. The van der Waals surface area contributed by atoms with E-state index in [2.05, 4.69) is 53.2 Å². The van der Waals surface area contributed by atoms with Crippen LogP contribution in [0.2, 0.25) is 0 Å². The van der Waals surface area contributed by atoms with Crippen LogP contribution in [0, 0.1) is 6.92 Å². The van der Waals surface area contributed by atoms with Crippen molar-refractivity contribution >= 4 is 24.0 Å². The maximum Gasteiger partial charge on any atom is 0.247 e. The minimum atomic E-state index is -0.378. The van der Waals surface area contributed by atoms with Gasteiger partial charge >= 0.3 is 0 Å². The summed E-state index contributed by atoms with van der Waals surface area (Å²) < 4.78 is 0. The zero-order valence-corrected chi connectivity index (χ0v) is 21.8. The first-order chi connectivity index (χ1) is 15.7. The van der Waals surface area contributed by atoms with Crippen molar-refractivity contribution in [3.63, 3.8) is 0 Å². The topological polar surface area (TPSA) is 35.6 Å². The first kappa shape index (κ1) is 26.3. The fourth-order valence-electron chi connectivity index (χ4n) is 6.47. The first-order valence-corrected chi connectivity index (χ1v) is 13.6. The monoisotopic (exact) mass is 475 g/mol. The number of anilines is 1. The van der Waals surface area contributed by atoms with Crippen molar-refractivity contribution in [2.45, 2.75) is 121 Å². The number of aryl methyl sites for hydroxylation is 1. The molecule has 0 radical (unpaired) electrons. The summed E-state index contributed by atoms with van der Waals surface area (Å²) in [6.45, 7) is 6.54. The highest BCUT2D eigenvalue weighted by atomic mass is 35.5. The second kappa shape index (κ2) is 12.4. The van der Waals surface area contributed by atoms with Gasteiger partial charge in [-0.15, -0.1) is 12.4 Å². The number of carbonyl (C=O) groups excluding carboxylic acids is 1. The fourth-order valence-corrected chi connectivity index (χ4v) is 6.47. The SMILES string of the molecule is CCCCC1NC(=O)C2(CCN(C3CCCCCCCCC3)CC2)N1c1ccccc1C.Cl. The number of carbonyl (C=O) groups is 1. The molecule has 0 bridgehead atoms. The second-order valence-corrected chi connectivity index (χ2v) is 10.6. The lowest BCUT2D eigenvalue weighted by molar-refractivity contribution is -0.125. The van der Waals surface area contributed by atoms with E-state index in [0.717, 1.165) is 51.2 Å². The molecule has 186 valence electrons. The van der Waals surface area contributed by atoms with Crippen LogP contribution in [0.3, 0.4) is 0 Å². The first-order valence-electron chi connectivity index (χ1n) is 13.6. The summed E-state index contributed by atoms with van der Waals surface area (Å²) in [5.41, 5.74) is 2.15. The molecule has 2 saturated heterocycles. The third-order valence-electron chi connectivity index (χ3n) is 8.42. The van der Waals surface area contributed by atoms with Crippen molar-refractivity contribution in [1.29, 1.82) is 0 Å². The number of para-hydroxylation sites is 1. The van der Waals surface area contributed by atoms with Crippen LogP contribution in [0.4, 0.5) is 5.69 Å². The Kier molecular flexibility index (Phi) is 9.94. The summed E-state index contributed by atoms with van der Waals surface area (Å²) in [6, 6.07) is 9.38. The van der Waals surface area contributed by atoms with Gasteiger partial charge in [0.15, 0.2) is 0 Å². The zero-order valence-electron chi connectivity index (χ0n) is 21.0. The predicted octanol–water partition coefficient (Wildman–Crippen LogP) is 6.60. The molecule has 1 amide bonds. The maximum absolute atomic E-state index is 13.5. The zero-order chi connectivity index (χ0) is 22.4. The van der Waals surface area contributed by atoms with Crippen LogP contribution in [0.5, 0.6) is 0 Å². The van der Waals surface area contributed by atoms with Crippen LogP contribution in [0.15, 0.2) is 24.3 Å². The molecular formula is C28H46ClN3O. The number of unbranched alkanes of at least 4 members (excludes halogenated alkanes) is 1. The maximum atomic E-state index is 13.5. The smallest absolute Gasteiger partial charge is 0.247 e. The largest absolute Gasteiger partial charge is 0.336 e. The standard InChI is InChI=1S/C28H45N3O.ClH/c1-3-4-18-26-29-27(32)28(31(26)25-17-13-12-14-23(25)2)19-21-30(22-20-28)24-15-10-8-6-5-7-9-11-16-24;/h12-14,17,24,26H,3-11,15-16,18-22H2,1-2H3,(H,29,32);1H. The molecule has 1 unspecified atom stereocenters. The number of likely N-dealkylation sites (tertiary alicyclic amines) is 1. The lowest BCUT2D eigenvalue weighted by atomic mass is 9.83. The second-order valence-electron chi connectivity index (χ2n) is 10.6. The lowest BCUT2D eigenvalue weighted by Gasteiger charge is -2.47. The number of rotatable bonds is 5. The molecule has 0 aromatic heterocycles. The van der Waals surface area contributed by atoms with E-state index in [1.54, 1.807) is 0 Å². The Morgan fingerprint density at radius 1 is 0.970 bits per heavy atom. The van der Waals surface area contributed by atoms with Gasteiger partial charge in [0.05, 0.1) is 0 Å². The molecule has 1 spiro atoms. The Morgan fingerprint density at radius 2 is 1.58 bits per heavy atom. The van der Waals surface area contributed by atoms with Crippen molar-refractivity contribution < 1.29 is 4.79 Å². The van der Waals surface area contributed by atoms with Gasteiger partial charge in [-0.05, 0) is 57.1 Å². The van der Waals surface area contributed by atoms with Gasteiger partial charge < -0.3 is 15.1 Å². The summed E-state index contributed by atoms with van der Waals surface area (Å²) in [7, 11) is 0. The molecular weight excluding hydrogens is 430 g/mol. The Balaban J connectivity index is 0.00000306. The normalized spacial score (nSPS) is 25.0. The molecule has 4 rings (SSSR count). The molecule has 1 atom stereocenters. The van der Waals surface area contributed by atoms with E-state index in [0.29, 0.717) is 0 Å². The molecule has 4 nitrogen and oxygen atoms in total. The summed E-state index contributed by atoms with van der Waals surface area (Å²) in [5, 5.41) is 3.42. The highest BCUT2D eigenvalue weighted by molar-refractivity contribution is 5.94. The van der Waals surface area contributed by atoms with Crippen LogP contribution >= 0.6 is 12.4 Å². The van der Waals surface area contributed by atoms with Gasteiger partial charge in [-0.3, -0.25) is 4.79 Å². The average molecular weight is 476 g/mol. The number of halogens is 1. The van der Waals surface area contributed by atoms with E-state index in [1.165, 1.54) is 69.0 Å². The molecule has 1 N–H and O–H groups in total. The van der Waals surface area contributed by atoms with E-state index >= 15 is 0 Å². The van der Waals surface area contributed by atoms with E-state index in [9.17, 15) is 4.79 Å². The van der Waals surface area contributed by atoms with Crippen LogP contribution in [-0.4, -0.2) is 41.6 Å². The molecule has 1 aromatic carbocycles. The minimum Gasteiger partial charge on any atom is -0.336 e. The number of amides is 1. The number of hydrogen-bond donors (Lipinski definition) is 1. The summed E-state index contributed by atoms with van der Waals surface area (Å²) >= 11 is 0. The van der Waals surface area contributed by atoms with Crippen molar-refractivity contribution in [1.82, 2.24) is 10.2 Å². The minimum absolute atomic E-state index is 0. The average Bonchev–Trinajstić information content (AvgIpc) is 3.07. The van der Waals surface area contributed by atoms with Crippen molar-refractivity contribution in [2.24, 2.45) is 0 Å². The molecule has 5 heteroatoms. The molecule has 1 aliphatic carbocycles. The van der Waals surface area contributed by atoms with Crippen LogP contribution in [-0.2, 0) is 4.79 Å². The van der Waals surface area contributed by atoms with E-state index in [4.69, 9.17) is 0 Å². The molecule has 3 fully saturated rings. The van der Waals surface area contributed by atoms with Crippen molar-refractivity contribution in [2.75, 3.05) is 18.0 Å². The Labute approximate surface area is 208 Å². The van der Waals surface area contributed by atoms with E-state index in [-0.39, 0.29) is 30.0 Å². The number of nitrogens with zero attached hydrogens (tertiary/aromatic N) is 2. The third-order valence-corrected chi connectivity index (χ3v) is 8.42. The fraction of sp³-hybridized carbons (Fsp3) is 0.750. The van der Waals surface area contributed by atoms with Gasteiger partial charge in [0, 0.05) is 24.8 Å². The molecule has 33 heavy (non-hydrogen) atoms. The van der Waals surface area contributed by atoms with Crippen LogP contribution < -0.4 is 10.2 Å². The van der Waals surface area contributed by atoms with Crippen molar-refractivity contribution in [3.05, 3.63) is 29.8 Å². The molecule has 1 aromatic rings. The van der Waals surface area contributed by atoms with Gasteiger partial charge in [0.25, 0.3) is 0 Å². The van der Waals surface area contributed by atoms with E-state index in [1.807, 2.05) is 0 Å². The van der Waals surface area contributed by atoms with Gasteiger partial charge in [-0.1, -0.05) is 76.5 Å². The van der Waals surface area contributed by atoms with Crippen molar-refractivity contribution in [3.8, 4) is 0 Å². The molecule has 3 aliphatic rings. The lowest BCUT2D eigenvalue weighted by Crippen LogP contribution is -2.58. The molecule has 2 heterocycles. The van der Waals surface area contributed by atoms with Crippen LogP contribution in [0.25, 0.3) is 0 Å². The highest BCUT2D eigenvalue weighted by Crippen LogP contribution is 2.41. The van der Waals surface area contributed by atoms with Gasteiger partial charge in [0.2, 0.25) is 5.91 Å².